The van der Waals surface area contributed by atoms with Crippen molar-refractivity contribution < 1.29 is 0 Å². The van der Waals surface area contributed by atoms with E-state index in [1.165, 1.54) is 35.5 Å². The van der Waals surface area contributed by atoms with Crippen LogP contribution < -0.4 is 0 Å². The molecule has 0 bridgehead atoms. The summed E-state index contributed by atoms with van der Waals surface area (Å²) < 4.78 is 0. The summed E-state index contributed by atoms with van der Waals surface area (Å²) in [6.45, 7) is 2.25. The maximum Gasteiger partial charge on any atom is 0.00279 e. The van der Waals surface area contributed by atoms with Gasteiger partial charge >= 0.3 is 0 Å². The SMILES string of the molecule is CCCCC[SiH3]. The van der Waals surface area contributed by atoms with Crippen LogP contribution in [0.25, 0.3) is 0 Å². The molecule has 0 fully saturated rings. The molecule has 0 aromatic rings. The second-order valence-electron chi connectivity index (χ2n) is 1.71. The van der Waals surface area contributed by atoms with E-state index in [0.29, 0.717) is 0 Å². The molecule has 6 heavy (non-hydrogen) atoms. The zero-order chi connectivity index (χ0) is 4.83. The van der Waals surface area contributed by atoms with E-state index < -0.39 is 0 Å². The molecule has 0 rings (SSSR count). The summed E-state index contributed by atoms with van der Waals surface area (Å²) in [6.07, 6.45) is 4.30. The van der Waals surface area contributed by atoms with E-state index in [-0.39, 0.29) is 0 Å². The Bertz CT molecular complexity index is 15.9. The Morgan fingerprint density at radius 2 is 2.00 bits per heavy atom. The third-order valence-electron chi connectivity index (χ3n) is 0.957. The van der Waals surface area contributed by atoms with Crippen molar-refractivity contribution in [1.82, 2.24) is 0 Å². The third-order valence-corrected chi connectivity index (χ3v) is 1.66. The Morgan fingerprint density at radius 3 is 2.17 bits per heavy atom. The first-order valence-electron chi connectivity index (χ1n) is 2.91. The highest BCUT2D eigenvalue weighted by atomic mass is 28.1. The van der Waals surface area contributed by atoms with Crippen LogP contribution in [-0.2, 0) is 0 Å². The topological polar surface area (TPSA) is 0 Å². The molecule has 0 atom stereocenters. The quantitative estimate of drug-likeness (QED) is 0.368. The van der Waals surface area contributed by atoms with Crippen molar-refractivity contribution in [3.63, 3.8) is 0 Å². The first kappa shape index (κ1) is 6.22. The number of rotatable bonds is 3. The highest BCUT2D eigenvalue weighted by molar-refractivity contribution is 6.08. The molecule has 0 saturated carbocycles. The van der Waals surface area contributed by atoms with Crippen LogP contribution in [0.2, 0.25) is 6.04 Å². The molecular weight excluding hydrogens is 88.1 g/mol. The zero-order valence-corrected chi connectivity index (χ0v) is 6.83. The summed E-state index contributed by atoms with van der Waals surface area (Å²) >= 11 is 0. The van der Waals surface area contributed by atoms with Gasteiger partial charge in [0.05, 0.1) is 0 Å². The van der Waals surface area contributed by atoms with Gasteiger partial charge in [0, 0.05) is 10.2 Å². The van der Waals surface area contributed by atoms with Crippen molar-refractivity contribution in [2.24, 2.45) is 0 Å². The molecule has 0 N–H and O–H groups in total. The number of hydrogen-bond acceptors (Lipinski definition) is 0. The highest BCUT2D eigenvalue weighted by Crippen LogP contribution is 1.94. The van der Waals surface area contributed by atoms with E-state index in [0.717, 1.165) is 0 Å². The van der Waals surface area contributed by atoms with E-state index in [1.807, 2.05) is 0 Å². The van der Waals surface area contributed by atoms with Crippen molar-refractivity contribution in [3.05, 3.63) is 0 Å². The lowest BCUT2D eigenvalue weighted by atomic mass is 10.3. The molecular formula is C5H14Si. The van der Waals surface area contributed by atoms with Crippen LogP contribution >= 0.6 is 0 Å². The highest BCUT2D eigenvalue weighted by Gasteiger charge is 1.75. The lowest BCUT2D eigenvalue weighted by molar-refractivity contribution is 0.771. The molecule has 0 radical (unpaired) electrons. The first-order valence-corrected chi connectivity index (χ1v) is 4.33. The van der Waals surface area contributed by atoms with E-state index in [9.17, 15) is 0 Å². The number of unbranched alkanes of at least 4 members (excludes halogenated alkanes) is 2. The number of hydrogen-bond donors (Lipinski definition) is 0. The van der Waals surface area contributed by atoms with Crippen LogP contribution in [0.5, 0.6) is 0 Å². The van der Waals surface area contributed by atoms with Gasteiger partial charge in [-0.05, 0) is 0 Å². The molecule has 0 unspecified atom stereocenters. The van der Waals surface area contributed by atoms with E-state index in [4.69, 9.17) is 0 Å². The normalized spacial score (nSPS) is 9.50. The molecule has 0 amide bonds. The van der Waals surface area contributed by atoms with Crippen LogP contribution in [0, 0.1) is 0 Å². The molecule has 0 heterocycles. The fraction of sp³-hybridized carbons (Fsp3) is 1.00. The van der Waals surface area contributed by atoms with Gasteiger partial charge in [0.25, 0.3) is 0 Å². The van der Waals surface area contributed by atoms with Crippen molar-refractivity contribution in [2.45, 2.75) is 32.2 Å². The molecule has 38 valence electrons. The molecule has 0 aromatic heterocycles. The lowest BCUT2D eigenvalue weighted by Crippen LogP contribution is -1.69. The van der Waals surface area contributed by atoms with E-state index >= 15 is 0 Å². The maximum atomic E-state index is 2.25. The van der Waals surface area contributed by atoms with Crippen LogP contribution in [0.1, 0.15) is 26.2 Å². The van der Waals surface area contributed by atoms with E-state index in [1.54, 1.807) is 0 Å². The standard InChI is InChI=1S/C5H14Si/c1-2-3-4-5-6/h2-5H2,1,6H3. The zero-order valence-electron chi connectivity index (χ0n) is 4.83. The maximum absolute atomic E-state index is 2.25. The Labute approximate surface area is 43.4 Å². The largest absolute Gasteiger partial charge is 0.0658 e. The Kier molecular flexibility index (Phi) is 5.41. The second kappa shape index (κ2) is 5.22. The molecule has 0 nitrogen and oxygen atoms in total. The van der Waals surface area contributed by atoms with Gasteiger partial charge in [0.15, 0.2) is 0 Å². The van der Waals surface area contributed by atoms with Gasteiger partial charge in [-0.1, -0.05) is 32.2 Å². The smallest absolute Gasteiger partial charge is 0.00279 e. The Hall–Kier alpha value is 0.217. The minimum absolute atomic E-state index is 1.38. The summed E-state index contributed by atoms with van der Waals surface area (Å²) in [7, 11) is 1.40. The van der Waals surface area contributed by atoms with Crippen molar-refractivity contribution in [2.75, 3.05) is 0 Å². The van der Waals surface area contributed by atoms with Crippen LogP contribution in [0.4, 0.5) is 0 Å². The fourth-order valence-electron chi connectivity index (χ4n) is 0.500. The average molecular weight is 102 g/mol. The van der Waals surface area contributed by atoms with Gasteiger partial charge in [0.1, 0.15) is 0 Å². The lowest BCUT2D eigenvalue weighted by Gasteiger charge is -1.86. The molecule has 0 aliphatic rings. The van der Waals surface area contributed by atoms with Crippen molar-refractivity contribution in [3.8, 4) is 0 Å². The predicted molar refractivity (Wildman–Crippen MR) is 34.3 cm³/mol. The van der Waals surface area contributed by atoms with E-state index in [2.05, 4.69) is 6.92 Å². The second-order valence-corrected chi connectivity index (χ2v) is 2.71. The van der Waals surface area contributed by atoms with Gasteiger partial charge in [0.2, 0.25) is 0 Å². The molecule has 0 aliphatic heterocycles. The summed E-state index contributed by atoms with van der Waals surface area (Å²) in [4.78, 5) is 0. The predicted octanol–water partition coefficient (Wildman–Crippen LogP) is 0.960. The molecule has 0 aliphatic carbocycles. The van der Waals surface area contributed by atoms with Crippen molar-refractivity contribution >= 4 is 10.2 Å². The van der Waals surface area contributed by atoms with Gasteiger partial charge < -0.3 is 0 Å². The van der Waals surface area contributed by atoms with Gasteiger partial charge in [-0.3, -0.25) is 0 Å². The van der Waals surface area contributed by atoms with Crippen LogP contribution in [-0.4, -0.2) is 10.2 Å². The van der Waals surface area contributed by atoms with Crippen molar-refractivity contribution in [1.29, 1.82) is 0 Å². The molecule has 0 saturated heterocycles. The molecule has 0 aromatic carbocycles. The first-order chi connectivity index (χ1) is 2.91. The Morgan fingerprint density at radius 1 is 1.33 bits per heavy atom. The summed E-state index contributed by atoms with van der Waals surface area (Å²) in [5, 5.41) is 0. The van der Waals surface area contributed by atoms with Gasteiger partial charge in [-0.15, -0.1) is 0 Å². The van der Waals surface area contributed by atoms with Crippen LogP contribution in [0.15, 0.2) is 0 Å². The monoisotopic (exact) mass is 102 g/mol. The summed E-state index contributed by atoms with van der Waals surface area (Å²) in [5.74, 6) is 0. The third kappa shape index (κ3) is 4.22. The summed E-state index contributed by atoms with van der Waals surface area (Å²) in [5.41, 5.74) is 0. The summed E-state index contributed by atoms with van der Waals surface area (Å²) in [6, 6.07) is 1.49. The minimum atomic E-state index is 1.38. The van der Waals surface area contributed by atoms with Gasteiger partial charge in [-0.2, -0.15) is 0 Å². The van der Waals surface area contributed by atoms with Crippen LogP contribution in [0.3, 0.4) is 0 Å². The molecule has 1 heteroatoms. The fourth-order valence-corrected chi connectivity index (χ4v) is 1.000. The average Bonchev–Trinajstić information content (AvgIpc) is 1.61. The van der Waals surface area contributed by atoms with Gasteiger partial charge in [-0.25, -0.2) is 0 Å². The minimum Gasteiger partial charge on any atom is -0.0658 e. The molecule has 0 spiro atoms. The Balaban J connectivity index is 2.34.